The van der Waals surface area contributed by atoms with Gasteiger partial charge in [0.1, 0.15) is 0 Å². The van der Waals surface area contributed by atoms with E-state index in [9.17, 15) is 0 Å². The van der Waals surface area contributed by atoms with Gasteiger partial charge < -0.3 is 5.11 Å². The van der Waals surface area contributed by atoms with Crippen LogP contribution in [0.3, 0.4) is 0 Å². The summed E-state index contributed by atoms with van der Waals surface area (Å²) in [5.74, 6) is 0. The minimum atomic E-state index is 0.0684. The third kappa shape index (κ3) is 1.53. The lowest BCUT2D eigenvalue weighted by Crippen LogP contribution is -1.84. The Morgan fingerprint density at radius 2 is 2.00 bits per heavy atom. The van der Waals surface area contributed by atoms with E-state index < -0.39 is 0 Å². The van der Waals surface area contributed by atoms with Crippen LogP contribution in [0.15, 0.2) is 36.4 Å². The summed E-state index contributed by atoms with van der Waals surface area (Å²) in [7, 11) is 0. The van der Waals surface area contributed by atoms with Gasteiger partial charge in [0.2, 0.25) is 0 Å². The van der Waals surface area contributed by atoms with Crippen LogP contribution < -0.4 is 0 Å². The molecule has 0 amide bonds. The Morgan fingerprint density at radius 1 is 1.15 bits per heavy atom. The molecule has 66 valence electrons. The number of hydrogen-bond acceptors (Lipinski definition) is 1. The van der Waals surface area contributed by atoms with E-state index in [-0.39, 0.29) is 6.61 Å². The molecule has 2 rings (SSSR count). The van der Waals surface area contributed by atoms with Crippen molar-refractivity contribution in [2.75, 3.05) is 0 Å². The minimum absolute atomic E-state index is 0.0684. The van der Waals surface area contributed by atoms with Crippen LogP contribution in [0.25, 0.3) is 10.8 Å². The smallest absolute Gasteiger partial charge is 0.0687 e. The molecule has 0 unspecified atom stereocenters. The van der Waals surface area contributed by atoms with E-state index in [2.05, 4.69) is 0 Å². The lowest BCUT2D eigenvalue weighted by atomic mass is 10.1. The lowest BCUT2D eigenvalue weighted by molar-refractivity contribution is 0.283. The summed E-state index contributed by atoms with van der Waals surface area (Å²) < 4.78 is 0. The van der Waals surface area contributed by atoms with Crippen molar-refractivity contribution in [2.24, 2.45) is 0 Å². The van der Waals surface area contributed by atoms with Gasteiger partial charge in [-0.25, -0.2) is 0 Å². The Balaban J connectivity index is 2.77. The summed E-state index contributed by atoms with van der Waals surface area (Å²) in [5.41, 5.74) is 0.939. The third-order valence-electron chi connectivity index (χ3n) is 2.10. The molecule has 0 atom stereocenters. The summed E-state index contributed by atoms with van der Waals surface area (Å²) in [5, 5.41) is 11.9. The van der Waals surface area contributed by atoms with Crippen molar-refractivity contribution in [2.45, 2.75) is 6.61 Å². The number of halogens is 1. The number of benzene rings is 2. The molecule has 2 heteroatoms. The van der Waals surface area contributed by atoms with Crippen molar-refractivity contribution < 1.29 is 5.11 Å². The highest BCUT2D eigenvalue weighted by molar-refractivity contribution is 6.31. The van der Waals surface area contributed by atoms with Crippen LogP contribution in [-0.4, -0.2) is 5.11 Å². The van der Waals surface area contributed by atoms with Crippen molar-refractivity contribution in [3.05, 3.63) is 47.0 Å². The van der Waals surface area contributed by atoms with Crippen LogP contribution in [-0.2, 0) is 6.61 Å². The second-order valence-electron chi connectivity index (χ2n) is 2.94. The van der Waals surface area contributed by atoms with E-state index in [1.807, 2.05) is 36.4 Å². The predicted octanol–water partition coefficient (Wildman–Crippen LogP) is 2.99. The minimum Gasteiger partial charge on any atom is -0.392 e. The van der Waals surface area contributed by atoms with E-state index >= 15 is 0 Å². The Hall–Kier alpha value is -1.05. The predicted molar refractivity (Wildman–Crippen MR) is 54.9 cm³/mol. The highest BCUT2D eigenvalue weighted by atomic mass is 35.5. The summed E-state index contributed by atoms with van der Waals surface area (Å²) in [6.45, 7) is 0.0684. The number of aliphatic hydroxyl groups is 1. The fourth-order valence-corrected chi connectivity index (χ4v) is 1.64. The van der Waals surface area contributed by atoms with Gasteiger partial charge in [0, 0.05) is 5.02 Å². The monoisotopic (exact) mass is 192 g/mol. The van der Waals surface area contributed by atoms with Crippen LogP contribution in [0.5, 0.6) is 0 Å². The maximum absolute atomic E-state index is 9.07. The van der Waals surface area contributed by atoms with Crippen molar-refractivity contribution >= 4 is 22.4 Å². The van der Waals surface area contributed by atoms with E-state index in [0.29, 0.717) is 0 Å². The van der Waals surface area contributed by atoms with Crippen molar-refractivity contribution in [3.8, 4) is 0 Å². The Morgan fingerprint density at radius 3 is 2.77 bits per heavy atom. The van der Waals surface area contributed by atoms with Crippen LogP contribution in [0.1, 0.15) is 5.56 Å². The molecule has 0 fully saturated rings. The second kappa shape index (κ2) is 3.36. The van der Waals surface area contributed by atoms with Crippen LogP contribution in [0.4, 0.5) is 0 Å². The number of rotatable bonds is 1. The first-order valence-corrected chi connectivity index (χ1v) is 4.47. The average molecular weight is 193 g/mol. The van der Waals surface area contributed by atoms with Crippen LogP contribution in [0.2, 0.25) is 5.02 Å². The van der Waals surface area contributed by atoms with Crippen molar-refractivity contribution in [1.82, 2.24) is 0 Å². The van der Waals surface area contributed by atoms with E-state index in [0.717, 1.165) is 21.4 Å². The molecule has 2 aromatic carbocycles. The highest BCUT2D eigenvalue weighted by Gasteiger charge is 1.99. The molecule has 2 aromatic rings. The Labute approximate surface area is 81.6 Å². The Bertz CT molecular complexity index is 437. The van der Waals surface area contributed by atoms with E-state index in [1.54, 1.807) is 0 Å². The van der Waals surface area contributed by atoms with Crippen LogP contribution >= 0.6 is 11.6 Å². The number of fused-ring (bicyclic) bond motifs is 1. The zero-order valence-electron chi connectivity index (χ0n) is 7.00. The molecule has 1 nitrogen and oxygen atoms in total. The first-order chi connectivity index (χ1) is 6.31. The molecule has 0 aromatic heterocycles. The molecule has 0 aliphatic carbocycles. The molecule has 0 aliphatic rings. The fourth-order valence-electron chi connectivity index (χ4n) is 1.46. The summed E-state index contributed by atoms with van der Waals surface area (Å²) in [4.78, 5) is 0. The molecule has 0 heterocycles. The van der Waals surface area contributed by atoms with E-state index in [1.165, 1.54) is 0 Å². The first kappa shape index (κ1) is 8.54. The molecule has 0 spiro atoms. The number of hydrogen-bond donors (Lipinski definition) is 1. The maximum Gasteiger partial charge on any atom is 0.0687 e. The van der Waals surface area contributed by atoms with Gasteiger partial charge in [0.05, 0.1) is 6.61 Å². The normalized spacial score (nSPS) is 10.6. The van der Waals surface area contributed by atoms with Crippen molar-refractivity contribution in [1.29, 1.82) is 0 Å². The second-order valence-corrected chi connectivity index (χ2v) is 3.38. The van der Waals surface area contributed by atoms with Gasteiger partial charge in [0.25, 0.3) is 0 Å². The van der Waals surface area contributed by atoms with E-state index in [4.69, 9.17) is 16.7 Å². The van der Waals surface area contributed by atoms with Gasteiger partial charge in [-0.05, 0) is 28.5 Å². The molecule has 1 N–H and O–H groups in total. The largest absolute Gasteiger partial charge is 0.392 e. The van der Waals surface area contributed by atoms with Gasteiger partial charge in [-0.3, -0.25) is 0 Å². The first-order valence-electron chi connectivity index (χ1n) is 4.09. The third-order valence-corrected chi connectivity index (χ3v) is 2.34. The molecule has 13 heavy (non-hydrogen) atoms. The van der Waals surface area contributed by atoms with Gasteiger partial charge in [-0.15, -0.1) is 0 Å². The molecular formula is C11H9ClO. The summed E-state index contributed by atoms with van der Waals surface area (Å²) in [6.07, 6.45) is 0. The highest BCUT2D eigenvalue weighted by Crippen LogP contribution is 2.22. The van der Waals surface area contributed by atoms with Crippen molar-refractivity contribution in [3.63, 3.8) is 0 Å². The summed E-state index contributed by atoms with van der Waals surface area (Å²) in [6, 6.07) is 11.5. The quantitative estimate of drug-likeness (QED) is 0.737. The zero-order chi connectivity index (χ0) is 9.26. The molecular weight excluding hydrogens is 184 g/mol. The number of aliphatic hydroxyl groups excluding tert-OH is 1. The molecule has 0 bridgehead atoms. The maximum atomic E-state index is 9.07. The average Bonchev–Trinajstić information content (AvgIpc) is 2.16. The standard InChI is InChI=1S/C11H9ClO/c12-10-4-5-11-8(6-10)2-1-3-9(11)7-13/h1-6,13H,7H2. The summed E-state index contributed by atoms with van der Waals surface area (Å²) >= 11 is 5.85. The topological polar surface area (TPSA) is 20.2 Å². The molecule has 0 saturated carbocycles. The molecule has 0 saturated heterocycles. The van der Waals surface area contributed by atoms with Gasteiger partial charge in [-0.1, -0.05) is 35.9 Å². The van der Waals surface area contributed by atoms with Crippen LogP contribution in [0, 0.1) is 0 Å². The molecule has 0 radical (unpaired) electrons. The lowest BCUT2D eigenvalue weighted by Gasteiger charge is -2.03. The molecule has 0 aliphatic heterocycles. The van der Waals surface area contributed by atoms with Gasteiger partial charge in [0.15, 0.2) is 0 Å². The van der Waals surface area contributed by atoms with Gasteiger partial charge >= 0.3 is 0 Å². The van der Waals surface area contributed by atoms with Gasteiger partial charge in [-0.2, -0.15) is 0 Å². The zero-order valence-corrected chi connectivity index (χ0v) is 7.75. The SMILES string of the molecule is OCc1cccc2cc(Cl)ccc12. The fraction of sp³-hybridized carbons (Fsp3) is 0.0909. The Kier molecular flexibility index (Phi) is 2.21.